The van der Waals surface area contributed by atoms with Crippen molar-refractivity contribution in [3.63, 3.8) is 0 Å². The Balaban J connectivity index is 0.00000484. The minimum Gasteiger partial charge on any atom is -0.356 e. The van der Waals surface area contributed by atoms with E-state index in [0.717, 1.165) is 25.6 Å². The van der Waals surface area contributed by atoms with Crippen molar-refractivity contribution in [2.24, 2.45) is 10.4 Å². The molecule has 0 aliphatic rings. The zero-order chi connectivity index (χ0) is 16.8. The van der Waals surface area contributed by atoms with Crippen LogP contribution >= 0.6 is 24.0 Å². The predicted molar refractivity (Wildman–Crippen MR) is 112 cm³/mol. The first-order chi connectivity index (χ1) is 10.2. The van der Waals surface area contributed by atoms with Crippen molar-refractivity contribution in [2.45, 2.75) is 34.2 Å². The van der Waals surface area contributed by atoms with Crippen LogP contribution in [-0.2, 0) is 6.54 Å². The summed E-state index contributed by atoms with van der Waals surface area (Å²) in [6, 6.07) is 6.55. The normalized spacial score (nSPS) is 12.1. The summed E-state index contributed by atoms with van der Waals surface area (Å²) in [6.07, 6.45) is 0. The van der Waals surface area contributed by atoms with Crippen molar-refractivity contribution in [2.75, 3.05) is 34.2 Å². The number of nitrogens with one attached hydrogen (secondary N) is 2. The van der Waals surface area contributed by atoms with E-state index < -0.39 is 0 Å². The van der Waals surface area contributed by atoms with Gasteiger partial charge in [-0.05, 0) is 44.5 Å². The lowest BCUT2D eigenvalue weighted by atomic mass is 9.93. The van der Waals surface area contributed by atoms with Crippen molar-refractivity contribution in [1.82, 2.24) is 15.5 Å². The van der Waals surface area contributed by atoms with Crippen LogP contribution in [-0.4, -0.2) is 45.1 Å². The predicted octanol–water partition coefficient (Wildman–Crippen LogP) is 3.17. The molecule has 0 aromatic heterocycles. The molecule has 0 heterocycles. The van der Waals surface area contributed by atoms with Crippen LogP contribution < -0.4 is 10.6 Å². The van der Waals surface area contributed by atoms with Gasteiger partial charge >= 0.3 is 0 Å². The van der Waals surface area contributed by atoms with Gasteiger partial charge in [0.15, 0.2) is 5.96 Å². The number of aliphatic imine (C=N–C) groups is 1. The third-order valence-electron chi connectivity index (χ3n) is 3.65. The fraction of sp³-hybridized carbons (Fsp3) is 0.611. The van der Waals surface area contributed by atoms with Gasteiger partial charge in [0.2, 0.25) is 0 Å². The van der Waals surface area contributed by atoms with Gasteiger partial charge in [-0.25, -0.2) is 0 Å². The number of hydrogen-bond donors (Lipinski definition) is 2. The molecule has 0 aliphatic heterocycles. The highest BCUT2D eigenvalue weighted by atomic mass is 127. The molecule has 2 N–H and O–H groups in total. The molecule has 0 amide bonds. The molecule has 0 spiro atoms. The maximum atomic E-state index is 4.31. The fourth-order valence-electron chi connectivity index (χ4n) is 2.68. The number of benzene rings is 1. The second-order valence-electron chi connectivity index (χ2n) is 7.11. The van der Waals surface area contributed by atoms with E-state index in [2.05, 4.69) is 80.5 Å². The van der Waals surface area contributed by atoms with E-state index in [9.17, 15) is 0 Å². The van der Waals surface area contributed by atoms with Gasteiger partial charge in [-0.15, -0.1) is 24.0 Å². The zero-order valence-electron chi connectivity index (χ0n) is 15.7. The van der Waals surface area contributed by atoms with Crippen LogP contribution in [0.2, 0.25) is 0 Å². The minimum absolute atomic E-state index is 0. The van der Waals surface area contributed by atoms with E-state index >= 15 is 0 Å². The van der Waals surface area contributed by atoms with Gasteiger partial charge in [0, 0.05) is 26.7 Å². The minimum atomic E-state index is 0. The number of nitrogens with zero attached hydrogens (tertiary/aromatic N) is 2. The topological polar surface area (TPSA) is 39.7 Å². The molecule has 0 bridgehead atoms. The van der Waals surface area contributed by atoms with Crippen LogP contribution in [0, 0.1) is 19.3 Å². The molecule has 0 atom stereocenters. The molecule has 0 aliphatic carbocycles. The first kappa shape index (κ1) is 22.2. The van der Waals surface area contributed by atoms with Gasteiger partial charge < -0.3 is 15.5 Å². The summed E-state index contributed by atoms with van der Waals surface area (Å²) >= 11 is 0. The molecule has 4 nitrogen and oxygen atoms in total. The fourth-order valence-corrected chi connectivity index (χ4v) is 2.68. The highest BCUT2D eigenvalue weighted by Gasteiger charge is 2.19. The molecular formula is C18H33IN4. The molecule has 0 saturated carbocycles. The summed E-state index contributed by atoms with van der Waals surface area (Å²) in [5, 5.41) is 6.83. The highest BCUT2D eigenvalue weighted by Crippen LogP contribution is 2.14. The van der Waals surface area contributed by atoms with Crippen molar-refractivity contribution >= 4 is 29.9 Å². The van der Waals surface area contributed by atoms with E-state index in [4.69, 9.17) is 0 Å². The Hall–Kier alpha value is -0.820. The number of rotatable bonds is 6. The number of halogens is 1. The molecule has 0 radical (unpaired) electrons. The van der Waals surface area contributed by atoms with Gasteiger partial charge in [-0.2, -0.15) is 0 Å². The second kappa shape index (κ2) is 10.1. The Morgan fingerprint density at radius 1 is 1.17 bits per heavy atom. The van der Waals surface area contributed by atoms with Crippen LogP contribution in [0.5, 0.6) is 0 Å². The second-order valence-corrected chi connectivity index (χ2v) is 7.11. The lowest BCUT2D eigenvalue weighted by Crippen LogP contribution is -2.44. The van der Waals surface area contributed by atoms with E-state index in [1.54, 1.807) is 0 Å². The van der Waals surface area contributed by atoms with Crippen LogP contribution in [0.15, 0.2) is 23.2 Å². The number of hydrogen-bond acceptors (Lipinski definition) is 2. The molecule has 1 aromatic rings. The zero-order valence-corrected chi connectivity index (χ0v) is 18.0. The maximum Gasteiger partial charge on any atom is 0.191 e. The van der Waals surface area contributed by atoms with Crippen LogP contribution in [0.1, 0.15) is 30.5 Å². The van der Waals surface area contributed by atoms with E-state index in [1.165, 1.54) is 16.7 Å². The average molecular weight is 432 g/mol. The maximum absolute atomic E-state index is 4.31. The Labute approximate surface area is 159 Å². The number of aryl methyl sites for hydroxylation is 2. The van der Waals surface area contributed by atoms with Gasteiger partial charge in [0.05, 0.1) is 0 Å². The van der Waals surface area contributed by atoms with E-state index in [1.807, 2.05) is 7.05 Å². The summed E-state index contributed by atoms with van der Waals surface area (Å²) < 4.78 is 0. The van der Waals surface area contributed by atoms with Crippen molar-refractivity contribution in [3.05, 3.63) is 34.9 Å². The molecule has 5 heteroatoms. The number of guanidine groups is 1. The molecule has 0 unspecified atom stereocenters. The molecule has 1 rings (SSSR count). The average Bonchev–Trinajstić information content (AvgIpc) is 2.39. The Morgan fingerprint density at radius 2 is 1.83 bits per heavy atom. The van der Waals surface area contributed by atoms with Gasteiger partial charge in [-0.1, -0.05) is 37.6 Å². The van der Waals surface area contributed by atoms with Gasteiger partial charge in [0.1, 0.15) is 0 Å². The Morgan fingerprint density at radius 3 is 2.35 bits per heavy atom. The van der Waals surface area contributed by atoms with Crippen LogP contribution in [0.25, 0.3) is 0 Å². The summed E-state index contributed by atoms with van der Waals surface area (Å²) in [5.41, 5.74) is 4.12. The van der Waals surface area contributed by atoms with E-state index in [0.29, 0.717) is 0 Å². The van der Waals surface area contributed by atoms with E-state index in [-0.39, 0.29) is 29.4 Å². The largest absolute Gasteiger partial charge is 0.356 e. The Bertz CT molecular complexity index is 510. The Kier molecular flexibility index (Phi) is 9.77. The summed E-state index contributed by atoms with van der Waals surface area (Å²) in [7, 11) is 6.03. The third-order valence-corrected chi connectivity index (χ3v) is 3.65. The molecule has 0 saturated heterocycles. The SMILES string of the molecule is CN=C(NCc1ccc(C)cc1C)NCC(C)(C)CN(C)C.I. The summed E-state index contributed by atoms with van der Waals surface area (Å²) in [4.78, 5) is 6.53. The summed E-state index contributed by atoms with van der Waals surface area (Å²) in [6.45, 7) is 11.5. The van der Waals surface area contributed by atoms with Crippen molar-refractivity contribution in [3.8, 4) is 0 Å². The third kappa shape index (κ3) is 8.55. The lowest BCUT2D eigenvalue weighted by Gasteiger charge is -2.29. The molecular weight excluding hydrogens is 399 g/mol. The van der Waals surface area contributed by atoms with Crippen LogP contribution in [0.3, 0.4) is 0 Å². The quantitative estimate of drug-likeness (QED) is 0.412. The smallest absolute Gasteiger partial charge is 0.191 e. The first-order valence-electron chi connectivity index (χ1n) is 7.89. The van der Waals surface area contributed by atoms with Crippen molar-refractivity contribution < 1.29 is 0 Å². The molecule has 1 aromatic carbocycles. The van der Waals surface area contributed by atoms with Gasteiger partial charge in [-0.3, -0.25) is 4.99 Å². The van der Waals surface area contributed by atoms with Gasteiger partial charge in [0.25, 0.3) is 0 Å². The lowest BCUT2D eigenvalue weighted by molar-refractivity contribution is 0.241. The standard InChI is InChI=1S/C18H32N4.HI/c1-14-8-9-16(15(2)10-14)11-20-17(19-5)21-12-18(3,4)13-22(6)7;/h8-10H,11-13H2,1-7H3,(H2,19,20,21);1H. The monoisotopic (exact) mass is 432 g/mol. The highest BCUT2D eigenvalue weighted by molar-refractivity contribution is 14.0. The van der Waals surface area contributed by atoms with Crippen molar-refractivity contribution in [1.29, 1.82) is 0 Å². The molecule has 23 heavy (non-hydrogen) atoms. The first-order valence-corrected chi connectivity index (χ1v) is 7.89. The molecule has 0 fully saturated rings. The molecule has 132 valence electrons. The summed E-state index contributed by atoms with van der Waals surface area (Å²) in [5.74, 6) is 0.854. The van der Waals surface area contributed by atoms with Crippen LogP contribution in [0.4, 0.5) is 0 Å².